The minimum atomic E-state index is 0.0476. The average Bonchev–Trinajstić information content (AvgIpc) is 3.27. The van der Waals surface area contributed by atoms with Gasteiger partial charge in [0.15, 0.2) is 0 Å². The molecule has 2 aliphatic rings. The molecule has 3 nitrogen and oxygen atoms in total. The van der Waals surface area contributed by atoms with Gasteiger partial charge in [-0.2, -0.15) is 0 Å². The minimum absolute atomic E-state index is 0.0476. The lowest BCUT2D eigenvalue weighted by atomic mass is 9.83. The predicted octanol–water partition coefficient (Wildman–Crippen LogP) is 5.51. The SMILES string of the molecule is C[C@@H]1C[C@@H]1C(=O)N1C[C@H](c2ccccc2Cl)c2c([nH]c3ccccc23)[C@@H]1C. The van der Waals surface area contributed by atoms with Gasteiger partial charge in [-0.05, 0) is 42.5 Å². The number of fused-ring (bicyclic) bond motifs is 3. The molecule has 0 unspecified atom stereocenters. The van der Waals surface area contributed by atoms with E-state index in [1.165, 1.54) is 10.9 Å². The van der Waals surface area contributed by atoms with Crippen LogP contribution in [0.15, 0.2) is 48.5 Å². The maximum atomic E-state index is 13.1. The van der Waals surface area contributed by atoms with Gasteiger partial charge in [0.2, 0.25) is 5.91 Å². The predicted molar refractivity (Wildman–Crippen MR) is 109 cm³/mol. The van der Waals surface area contributed by atoms with Crippen LogP contribution in [0.3, 0.4) is 0 Å². The summed E-state index contributed by atoms with van der Waals surface area (Å²) in [6, 6.07) is 16.5. The number of hydrogen-bond donors (Lipinski definition) is 1. The zero-order chi connectivity index (χ0) is 18.7. The Morgan fingerprint density at radius 3 is 2.56 bits per heavy atom. The van der Waals surface area contributed by atoms with Crippen LogP contribution in [0.4, 0.5) is 0 Å². The van der Waals surface area contributed by atoms with Crippen LogP contribution in [0.2, 0.25) is 5.02 Å². The Hall–Kier alpha value is -2.26. The first kappa shape index (κ1) is 16.9. The molecule has 4 heteroatoms. The number of H-pyrrole nitrogens is 1. The highest BCUT2D eigenvalue weighted by molar-refractivity contribution is 6.31. The van der Waals surface area contributed by atoms with Crippen LogP contribution in [0.5, 0.6) is 0 Å². The van der Waals surface area contributed by atoms with E-state index in [-0.39, 0.29) is 23.8 Å². The van der Waals surface area contributed by atoms with E-state index in [1.54, 1.807) is 0 Å². The van der Waals surface area contributed by atoms with Gasteiger partial charge in [0.05, 0.1) is 6.04 Å². The fourth-order valence-electron chi connectivity index (χ4n) is 4.66. The van der Waals surface area contributed by atoms with Crippen LogP contribution in [-0.2, 0) is 4.79 Å². The molecule has 2 aromatic carbocycles. The van der Waals surface area contributed by atoms with E-state index >= 15 is 0 Å². The van der Waals surface area contributed by atoms with Gasteiger partial charge in [0, 0.05) is 40.0 Å². The molecule has 3 aromatic rings. The smallest absolute Gasteiger partial charge is 0.226 e. The molecule has 2 heterocycles. The standard InChI is InChI=1S/C23H23ClN2O/c1-13-11-17(13)23(27)26-12-18(15-7-3-5-9-19(15)24)21-16-8-4-6-10-20(16)25-22(21)14(26)2/h3-10,13-14,17-18,25H,11-12H2,1-2H3/t13-,14+,17+,18-/m1/s1. The first-order valence-corrected chi connectivity index (χ1v) is 10.1. The molecular weight excluding hydrogens is 356 g/mol. The van der Waals surface area contributed by atoms with Gasteiger partial charge < -0.3 is 9.88 Å². The molecule has 0 spiro atoms. The zero-order valence-electron chi connectivity index (χ0n) is 15.6. The van der Waals surface area contributed by atoms with Crippen LogP contribution >= 0.6 is 11.6 Å². The number of aromatic amines is 1. The van der Waals surface area contributed by atoms with E-state index in [1.807, 2.05) is 24.3 Å². The number of hydrogen-bond acceptors (Lipinski definition) is 1. The van der Waals surface area contributed by atoms with Crippen molar-refractivity contribution in [2.45, 2.75) is 32.2 Å². The Bertz CT molecular complexity index is 1040. The van der Waals surface area contributed by atoms with Gasteiger partial charge in [0.1, 0.15) is 0 Å². The van der Waals surface area contributed by atoms with Crippen molar-refractivity contribution < 1.29 is 4.79 Å². The van der Waals surface area contributed by atoms with Crippen molar-refractivity contribution in [1.82, 2.24) is 9.88 Å². The van der Waals surface area contributed by atoms with E-state index in [9.17, 15) is 4.79 Å². The minimum Gasteiger partial charge on any atom is -0.356 e. The molecule has 4 atom stereocenters. The summed E-state index contributed by atoms with van der Waals surface area (Å²) in [6.07, 6.45) is 1.01. The van der Waals surface area contributed by atoms with E-state index in [4.69, 9.17) is 11.6 Å². The third kappa shape index (κ3) is 2.60. The number of benzene rings is 2. The molecule has 1 N–H and O–H groups in total. The summed E-state index contributed by atoms with van der Waals surface area (Å²) in [7, 11) is 0. The Kier molecular flexibility index (Phi) is 3.83. The molecule has 5 rings (SSSR count). The number of nitrogens with zero attached hydrogens (tertiary/aromatic N) is 1. The highest BCUT2D eigenvalue weighted by Crippen LogP contribution is 2.47. The molecule has 1 aliphatic heterocycles. The van der Waals surface area contributed by atoms with Crippen molar-refractivity contribution in [3.63, 3.8) is 0 Å². The summed E-state index contributed by atoms with van der Waals surface area (Å²) in [4.78, 5) is 18.8. The van der Waals surface area contributed by atoms with Gasteiger partial charge >= 0.3 is 0 Å². The molecule has 1 aliphatic carbocycles. The van der Waals surface area contributed by atoms with Gasteiger partial charge in [0.25, 0.3) is 0 Å². The summed E-state index contributed by atoms with van der Waals surface area (Å²) in [6.45, 7) is 4.99. The molecule has 1 aromatic heterocycles. The second kappa shape index (κ2) is 6.13. The first-order chi connectivity index (χ1) is 13.1. The lowest BCUT2D eigenvalue weighted by Gasteiger charge is -2.39. The molecule has 0 radical (unpaired) electrons. The van der Waals surface area contributed by atoms with Crippen molar-refractivity contribution in [3.05, 3.63) is 70.4 Å². The third-order valence-electron chi connectivity index (χ3n) is 6.38. The molecule has 1 saturated carbocycles. The van der Waals surface area contributed by atoms with Gasteiger partial charge in [-0.3, -0.25) is 4.79 Å². The second-order valence-corrected chi connectivity index (χ2v) is 8.47. The van der Waals surface area contributed by atoms with E-state index in [0.717, 1.165) is 28.2 Å². The van der Waals surface area contributed by atoms with E-state index in [0.29, 0.717) is 12.5 Å². The zero-order valence-corrected chi connectivity index (χ0v) is 16.3. The number of amides is 1. The van der Waals surface area contributed by atoms with Crippen LogP contribution in [0.1, 0.15) is 49.0 Å². The Morgan fingerprint density at radius 2 is 1.81 bits per heavy atom. The van der Waals surface area contributed by atoms with Crippen LogP contribution < -0.4 is 0 Å². The number of carbonyl (C=O) groups excluding carboxylic acids is 1. The Labute approximate surface area is 164 Å². The highest BCUT2D eigenvalue weighted by atomic mass is 35.5. The quantitative estimate of drug-likeness (QED) is 0.626. The number of carbonyl (C=O) groups is 1. The maximum absolute atomic E-state index is 13.1. The third-order valence-corrected chi connectivity index (χ3v) is 6.72. The first-order valence-electron chi connectivity index (χ1n) is 9.71. The fourth-order valence-corrected chi connectivity index (χ4v) is 4.93. The van der Waals surface area contributed by atoms with Crippen molar-refractivity contribution in [3.8, 4) is 0 Å². The molecule has 138 valence electrons. The van der Waals surface area contributed by atoms with Crippen molar-refractivity contribution in [2.75, 3.05) is 6.54 Å². The monoisotopic (exact) mass is 378 g/mol. The lowest BCUT2D eigenvalue weighted by molar-refractivity contribution is -0.135. The molecule has 1 amide bonds. The van der Waals surface area contributed by atoms with Crippen molar-refractivity contribution >= 4 is 28.4 Å². The summed E-state index contributed by atoms with van der Waals surface area (Å²) in [5, 5.41) is 2.00. The highest BCUT2D eigenvalue weighted by Gasteiger charge is 2.45. The second-order valence-electron chi connectivity index (χ2n) is 8.06. The topological polar surface area (TPSA) is 36.1 Å². The summed E-state index contributed by atoms with van der Waals surface area (Å²) in [5.41, 5.74) is 4.66. The normalized spacial score (nSPS) is 26.9. The summed E-state index contributed by atoms with van der Waals surface area (Å²) >= 11 is 6.59. The van der Waals surface area contributed by atoms with E-state index in [2.05, 4.69) is 48.0 Å². The van der Waals surface area contributed by atoms with Crippen LogP contribution in [-0.4, -0.2) is 22.3 Å². The van der Waals surface area contributed by atoms with E-state index < -0.39 is 0 Å². The number of para-hydroxylation sites is 1. The Morgan fingerprint density at radius 1 is 1.11 bits per heavy atom. The lowest BCUT2D eigenvalue weighted by Crippen LogP contribution is -2.42. The number of nitrogens with one attached hydrogen (secondary N) is 1. The summed E-state index contributed by atoms with van der Waals surface area (Å²) in [5.74, 6) is 1.06. The van der Waals surface area contributed by atoms with Gasteiger partial charge in [-0.25, -0.2) is 0 Å². The van der Waals surface area contributed by atoms with Crippen LogP contribution in [0, 0.1) is 11.8 Å². The van der Waals surface area contributed by atoms with Crippen molar-refractivity contribution in [2.24, 2.45) is 11.8 Å². The average molecular weight is 379 g/mol. The van der Waals surface area contributed by atoms with Crippen molar-refractivity contribution in [1.29, 1.82) is 0 Å². The number of rotatable bonds is 2. The fraction of sp³-hybridized carbons (Fsp3) is 0.348. The molecule has 0 saturated heterocycles. The maximum Gasteiger partial charge on any atom is 0.226 e. The Balaban J connectivity index is 1.69. The van der Waals surface area contributed by atoms with Crippen LogP contribution in [0.25, 0.3) is 10.9 Å². The molecule has 0 bridgehead atoms. The van der Waals surface area contributed by atoms with Gasteiger partial charge in [-0.15, -0.1) is 0 Å². The molecule has 1 fully saturated rings. The number of halogens is 1. The molecule has 27 heavy (non-hydrogen) atoms. The largest absolute Gasteiger partial charge is 0.356 e. The molecular formula is C23H23ClN2O. The number of aromatic nitrogens is 1. The summed E-state index contributed by atoms with van der Waals surface area (Å²) < 4.78 is 0. The van der Waals surface area contributed by atoms with Gasteiger partial charge in [-0.1, -0.05) is 54.9 Å².